The second kappa shape index (κ2) is 4.41. The zero-order chi connectivity index (χ0) is 12.5. The number of hydrogen-bond acceptors (Lipinski definition) is 3. The molecule has 1 saturated carbocycles. The van der Waals surface area contributed by atoms with Crippen LogP contribution in [0.4, 0.5) is 0 Å². The van der Waals surface area contributed by atoms with Gasteiger partial charge in [-0.25, -0.2) is 4.79 Å². The Hall–Kier alpha value is -1.10. The minimum atomic E-state index is -0.975. The molecule has 92 valence electrons. The van der Waals surface area contributed by atoms with Gasteiger partial charge in [-0.3, -0.25) is 4.79 Å². The molecule has 1 aliphatic rings. The van der Waals surface area contributed by atoms with Crippen LogP contribution >= 0.6 is 0 Å². The van der Waals surface area contributed by atoms with Gasteiger partial charge in [-0.2, -0.15) is 0 Å². The number of hydrogen-bond donors (Lipinski definition) is 3. The van der Waals surface area contributed by atoms with Crippen LogP contribution in [0.25, 0.3) is 0 Å². The van der Waals surface area contributed by atoms with Gasteiger partial charge in [-0.1, -0.05) is 20.8 Å². The van der Waals surface area contributed by atoms with Crippen LogP contribution in [0.15, 0.2) is 0 Å². The van der Waals surface area contributed by atoms with E-state index in [1.54, 1.807) is 0 Å². The van der Waals surface area contributed by atoms with Crippen molar-refractivity contribution in [3.63, 3.8) is 0 Å². The molecule has 0 radical (unpaired) electrons. The molecule has 16 heavy (non-hydrogen) atoms. The normalized spacial score (nSPS) is 20.0. The van der Waals surface area contributed by atoms with Gasteiger partial charge in [-0.05, 0) is 24.2 Å². The first kappa shape index (κ1) is 13.0. The van der Waals surface area contributed by atoms with Crippen LogP contribution in [0, 0.1) is 11.3 Å². The first-order chi connectivity index (χ1) is 7.23. The van der Waals surface area contributed by atoms with E-state index in [0.29, 0.717) is 0 Å². The Bertz CT molecular complexity index is 292. The summed E-state index contributed by atoms with van der Waals surface area (Å²) in [4.78, 5) is 22.7. The molecule has 1 fully saturated rings. The van der Waals surface area contributed by atoms with E-state index < -0.39 is 18.1 Å². The molecule has 1 aliphatic carbocycles. The molecule has 0 aromatic heterocycles. The maximum atomic E-state index is 11.7. The molecule has 0 aromatic carbocycles. The number of aliphatic carboxylic acids is 1. The quantitative estimate of drug-likeness (QED) is 0.647. The number of carbonyl (C=O) groups is 2. The molecule has 0 aliphatic heterocycles. The van der Waals surface area contributed by atoms with Crippen LogP contribution in [-0.2, 0) is 9.59 Å². The molecule has 5 heteroatoms. The maximum Gasteiger partial charge on any atom is 0.326 e. The number of amides is 1. The third kappa shape index (κ3) is 3.20. The van der Waals surface area contributed by atoms with Gasteiger partial charge in [-0.15, -0.1) is 0 Å². The summed E-state index contributed by atoms with van der Waals surface area (Å²) in [5.74, 6) is -1.28. The van der Waals surface area contributed by atoms with Crippen LogP contribution in [0.3, 0.4) is 0 Å². The van der Waals surface area contributed by atoms with E-state index in [9.17, 15) is 9.59 Å². The molecule has 0 spiro atoms. The lowest BCUT2D eigenvalue weighted by molar-refractivity contribution is -0.143. The van der Waals surface area contributed by atoms with Gasteiger partial charge in [0.2, 0.25) is 5.91 Å². The van der Waals surface area contributed by atoms with Crippen LogP contribution in [-0.4, -0.2) is 29.1 Å². The van der Waals surface area contributed by atoms with E-state index in [4.69, 9.17) is 10.8 Å². The molecule has 1 unspecified atom stereocenters. The first-order valence-electron chi connectivity index (χ1n) is 5.52. The van der Waals surface area contributed by atoms with Crippen molar-refractivity contribution in [2.24, 2.45) is 17.1 Å². The fourth-order valence-corrected chi connectivity index (χ4v) is 1.45. The highest BCUT2D eigenvalue weighted by atomic mass is 16.4. The topological polar surface area (TPSA) is 92.4 Å². The lowest BCUT2D eigenvalue weighted by Crippen LogP contribution is -2.53. The van der Waals surface area contributed by atoms with Gasteiger partial charge < -0.3 is 16.2 Å². The standard InChI is InChI=1S/C11H20N2O3/c1-11(2,3)8(12)9(14)13-7(10(15)16)6-4-5-6/h6-8H,4-5,12H2,1-3H3,(H,13,14)(H,15,16)/t7?,8-/m0/s1. The first-order valence-corrected chi connectivity index (χ1v) is 5.52. The van der Waals surface area contributed by atoms with Gasteiger partial charge >= 0.3 is 5.97 Å². The van der Waals surface area contributed by atoms with E-state index in [0.717, 1.165) is 12.8 Å². The largest absolute Gasteiger partial charge is 0.480 e. The van der Waals surface area contributed by atoms with Crippen LogP contribution in [0.5, 0.6) is 0 Å². The molecular weight excluding hydrogens is 208 g/mol. The Balaban J connectivity index is 2.58. The molecular formula is C11H20N2O3. The molecule has 2 atom stereocenters. The van der Waals surface area contributed by atoms with Crippen LogP contribution in [0.1, 0.15) is 33.6 Å². The molecule has 4 N–H and O–H groups in total. The molecule has 0 heterocycles. The summed E-state index contributed by atoms with van der Waals surface area (Å²) in [6.07, 6.45) is 1.73. The molecule has 5 nitrogen and oxygen atoms in total. The van der Waals surface area contributed by atoms with Gasteiger partial charge in [0.05, 0.1) is 6.04 Å². The average Bonchev–Trinajstić information content (AvgIpc) is 2.93. The number of carboxylic acids is 1. The number of nitrogens with one attached hydrogen (secondary N) is 1. The van der Waals surface area contributed by atoms with E-state index in [2.05, 4.69) is 5.32 Å². The highest BCUT2D eigenvalue weighted by molar-refractivity contribution is 5.87. The van der Waals surface area contributed by atoms with Crippen molar-refractivity contribution in [1.82, 2.24) is 5.32 Å². The highest BCUT2D eigenvalue weighted by Crippen LogP contribution is 2.33. The second-order valence-electron chi connectivity index (χ2n) is 5.51. The Labute approximate surface area is 95.4 Å². The molecule has 0 saturated heterocycles. The monoisotopic (exact) mass is 228 g/mol. The van der Waals surface area contributed by atoms with E-state index >= 15 is 0 Å². The summed E-state index contributed by atoms with van der Waals surface area (Å²) >= 11 is 0. The van der Waals surface area contributed by atoms with Gasteiger partial charge in [0.1, 0.15) is 6.04 Å². The van der Waals surface area contributed by atoms with Gasteiger partial charge in [0, 0.05) is 0 Å². The number of carbonyl (C=O) groups excluding carboxylic acids is 1. The summed E-state index contributed by atoms with van der Waals surface area (Å²) in [6, 6.07) is -1.46. The number of rotatable bonds is 4. The predicted molar refractivity (Wildman–Crippen MR) is 59.7 cm³/mol. The molecule has 1 amide bonds. The average molecular weight is 228 g/mol. The zero-order valence-electron chi connectivity index (χ0n) is 9.99. The lowest BCUT2D eigenvalue weighted by Gasteiger charge is -2.27. The van der Waals surface area contributed by atoms with E-state index in [1.165, 1.54) is 0 Å². The Morgan fingerprint density at radius 2 is 1.88 bits per heavy atom. The summed E-state index contributed by atoms with van der Waals surface area (Å²) in [6.45, 7) is 5.55. The second-order valence-corrected chi connectivity index (χ2v) is 5.51. The van der Waals surface area contributed by atoms with E-state index in [-0.39, 0.29) is 17.2 Å². The summed E-state index contributed by atoms with van der Waals surface area (Å²) < 4.78 is 0. The highest BCUT2D eigenvalue weighted by Gasteiger charge is 2.39. The maximum absolute atomic E-state index is 11.7. The van der Waals surface area contributed by atoms with Crippen molar-refractivity contribution >= 4 is 11.9 Å². The Morgan fingerprint density at radius 1 is 1.38 bits per heavy atom. The smallest absolute Gasteiger partial charge is 0.326 e. The summed E-state index contributed by atoms with van der Waals surface area (Å²) in [5, 5.41) is 11.5. The third-order valence-corrected chi connectivity index (χ3v) is 2.87. The van der Waals surface area contributed by atoms with Crippen molar-refractivity contribution in [3.05, 3.63) is 0 Å². The van der Waals surface area contributed by atoms with E-state index in [1.807, 2.05) is 20.8 Å². The summed E-state index contributed by atoms with van der Waals surface area (Å²) in [5.41, 5.74) is 5.39. The lowest BCUT2D eigenvalue weighted by atomic mass is 9.86. The van der Waals surface area contributed by atoms with Gasteiger partial charge in [0.15, 0.2) is 0 Å². The Kier molecular flexibility index (Phi) is 3.57. The number of nitrogens with two attached hydrogens (primary N) is 1. The Morgan fingerprint density at radius 3 is 2.19 bits per heavy atom. The SMILES string of the molecule is CC(C)(C)[C@@H](N)C(=O)NC(C(=O)O)C1CC1. The van der Waals surface area contributed by atoms with Crippen molar-refractivity contribution < 1.29 is 14.7 Å². The zero-order valence-corrected chi connectivity index (χ0v) is 9.99. The molecule has 0 bridgehead atoms. The molecule has 1 rings (SSSR count). The number of carboxylic acid groups (broad SMARTS) is 1. The van der Waals surface area contributed by atoms with Gasteiger partial charge in [0.25, 0.3) is 0 Å². The van der Waals surface area contributed by atoms with Crippen molar-refractivity contribution in [2.45, 2.75) is 45.7 Å². The van der Waals surface area contributed by atoms with Crippen molar-refractivity contribution in [3.8, 4) is 0 Å². The van der Waals surface area contributed by atoms with Crippen LogP contribution < -0.4 is 11.1 Å². The predicted octanol–water partition coefficient (Wildman–Crippen LogP) is 0.339. The fraction of sp³-hybridized carbons (Fsp3) is 0.818. The van der Waals surface area contributed by atoms with Crippen LogP contribution in [0.2, 0.25) is 0 Å². The minimum Gasteiger partial charge on any atom is -0.480 e. The molecule has 0 aromatic rings. The summed E-state index contributed by atoms with van der Waals surface area (Å²) in [7, 11) is 0. The van der Waals surface area contributed by atoms with Crippen molar-refractivity contribution in [2.75, 3.05) is 0 Å². The van der Waals surface area contributed by atoms with Crippen molar-refractivity contribution in [1.29, 1.82) is 0 Å². The minimum absolute atomic E-state index is 0.0774. The fourth-order valence-electron chi connectivity index (χ4n) is 1.45. The third-order valence-electron chi connectivity index (χ3n) is 2.87.